The number of aromatic hydroxyl groups is 1. The Labute approximate surface area is 138 Å². The number of carbonyl (C=O) groups excluding carboxylic acids is 2. The summed E-state index contributed by atoms with van der Waals surface area (Å²) in [7, 11) is 0. The molecule has 0 saturated carbocycles. The fourth-order valence-corrected chi connectivity index (χ4v) is 1.83. The van der Waals surface area contributed by atoms with Crippen molar-refractivity contribution >= 4 is 23.7 Å². The summed E-state index contributed by atoms with van der Waals surface area (Å²) in [5.41, 5.74) is 2.78. The highest BCUT2D eigenvalue weighted by Crippen LogP contribution is 2.13. The number of hydrazone groups is 1. The van der Waals surface area contributed by atoms with Crippen LogP contribution in [-0.2, 0) is 9.59 Å². The predicted octanol–water partition coefficient (Wildman–Crippen LogP) is 2.40. The molecule has 0 heterocycles. The van der Waals surface area contributed by atoms with E-state index < -0.39 is 17.6 Å². The van der Waals surface area contributed by atoms with Gasteiger partial charge in [-0.05, 0) is 24.3 Å². The van der Waals surface area contributed by atoms with E-state index in [1.807, 2.05) is 0 Å². The summed E-state index contributed by atoms with van der Waals surface area (Å²) in [6, 6.07) is 12.3. The van der Waals surface area contributed by atoms with Gasteiger partial charge in [-0.2, -0.15) is 5.10 Å². The monoisotopic (exact) mass is 329 g/mol. The van der Waals surface area contributed by atoms with Gasteiger partial charge in [0, 0.05) is 18.4 Å². The van der Waals surface area contributed by atoms with Gasteiger partial charge < -0.3 is 10.4 Å². The topological polar surface area (TPSA) is 90.8 Å². The Bertz CT molecular complexity index is 762. The van der Waals surface area contributed by atoms with Gasteiger partial charge >= 0.3 is 0 Å². The van der Waals surface area contributed by atoms with Crippen molar-refractivity contribution in [3.05, 3.63) is 59.9 Å². The number of phenolic OH excluding ortho intramolecular Hbond substituents is 1. The van der Waals surface area contributed by atoms with Crippen molar-refractivity contribution in [3.8, 4) is 5.75 Å². The summed E-state index contributed by atoms with van der Waals surface area (Å²) in [5, 5.41) is 15.6. The van der Waals surface area contributed by atoms with Crippen molar-refractivity contribution in [1.29, 1.82) is 0 Å². The summed E-state index contributed by atoms with van der Waals surface area (Å²) >= 11 is 0. The molecule has 0 aromatic heterocycles. The summed E-state index contributed by atoms with van der Waals surface area (Å²) < 4.78 is 13.4. The van der Waals surface area contributed by atoms with Gasteiger partial charge in [-0.3, -0.25) is 9.59 Å². The number of nitrogens with zero attached hydrogens (tertiary/aromatic N) is 1. The van der Waals surface area contributed by atoms with E-state index in [0.717, 1.165) is 0 Å². The largest absolute Gasteiger partial charge is 0.507 e. The molecule has 2 aromatic rings. The highest BCUT2D eigenvalue weighted by atomic mass is 19.1. The van der Waals surface area contributed by atoms with Crippen LogP contribution in [0.15, 0.2) is 53.6 Å². The number of hydrogen-bond donors (Lipinski definition) is 3. The average molecular weight is 329 g/mol. The zero-order valence-corrected chi connectivity index (χ0v) is 12.7. The van der Waals surface area contributed by atoms with Crippen molar-refractivity contribution < 1.29 is 19.1 Å². The average Bonchev–Trinajstić information content (AvgIpc) is 2.57. The fraction of sp³-hybridized carbons (Fsp3) is 0.118. The Kier molecular flexibility index (Phi) is 6.01. The lowest BCUT2D eigenvalue weighted by Gasteiger charge is -2.05. The molecule has 0 bridgehead atoms. The first-order chi connectivity index (χ1) is 11.6. The van der Waals surface area contributed by atoms with Crippen LogP contribution in [0.3, 0.4) is 0 Å². The second-order valence-electron chi connectivity index (χ2n) is 4.88. The normalized spacial score (nSPS) is 10.5. The minimum absolute atomic E-state index is 0.0414. The third kappa shape index (κ3) is 5.20. The number of rotatable bonds is 6. The number of para-hydroxylation sites is 2. The first-order valence-corrected chi connectivity index (χ1v) is 7.20. The van der Waals surface area contributed by atoms with Gasteiger partial charge in [0.15, 0.2) is 0 Å². The zero-order chi connectivity index (χ0) is 17.4. The van der Waals surface area contributed by atoms with Gasteiger partial charge in [0.1, 0.15) is 11.6 Å². The number of nitrogens with one attached hydrogen (secondary N) is 2. The number of amides is 2. The summed E-state index contributed by atoms with van der Waals surface area (Å²) in [5.74, 6) is -1.44. The molecule has 0 saturated heterocycles. The molecule has 0 atom stereocenters. The first-order valence-electron chi connectivity index (χ1n) is 7.20. The highest BCUT2D eigenvalue weighted by molar-refractivity contribution is 5.93. The number of carbonyl (C=O) groups is 2. The van der Waals surface area contributed by atoms with Gasteiger partial charge in [0.25, 0.3) is 0 Å². The third-order valence-electron chi connectivity index (χ3n) is 3.06. The number of hydrogen-bond acceptors (Lipinski definition) is 4. The van der Waals surface area contributed by atoms with Crippen LogP contribution in [0.4, 0.5) is 10.1 Å². The standard InChI is InChI=1S/C17H16FN3O3/c18-13-6-2-3-7-14(13)20-16(23)9-10-17(24)21-19-11-12-5-1-4-8-15(12)22/h1-8,11,22H,9-10H2,(H,20,23)(H,21,24)/b19-11+. The van der Waals surface area contributed by atoms with Crippen LogP contribution >= 0.6 is 0 Å². The van der Waals surface area contributed by atoms with Crippen molar-refractivity contribution in [2.45, 2.75) is 12.8 Å². The molecular weight excluding hydrogens is 313 g/mol. The van der Waals surface area contributed by atoms with Crippen molar-refractivity contribution in [1.82, 2.24) is 5.43 Å². The van der Waals surface area contributed by atoms with E-state index in [4.69, 9.17) is 0 Å². The van der Waals surface area contributed by atoms with E-state index >= 15 is 0 Å². The van der Waals surface area contributed by atoms with Crippen LogP contribution in [-0.4, -0.2) is 23.1 Å². The molecule has 24 heavy (non-hydrogen) atoms. The van der Waals surface area contributed by atoms with Crippen LogP contribution in [0.5, 0.6) is 5.75 Å². The highest BCUT2D eigenvalue weighted by Gasteiger charge is 2.09. The second kappa shape index (κ2) is 8.42. The Morgan fingerprint density at radius 1 is 1.04 bits per heavy atom. The smallest absolute Gasteiger partial charge is 0.240 e. The Hall–Kier alpha value is -3.22. The molecule has 0 spiro atoms. The van der Waals surface area contributed by atoms with E-state index in [-0.39, 0.29) is 24.3 Å². The molecule has 2 aromatic carbocycles. The molecule has 2 rings (SSSR count). The van der Waals surface area contributed by atoms with Gasteiger partial charge in [-0.25, -0.2) is 9.82 Å². The Balaban J connectivity index is 1.76. The fourth-order valence-electron chi connectivity index (χ4n) is 1.83. The van der Waals surface area contributed by atoms with Crippen LogP contribution < -0.4 is 10.7 Å². The van der Waals surface area contributed by atoms with Gasteiger partial charge in [0.2, 0.25) is 11.8 Å². The summed E-state index contributed by atoms with van der Waals surface area (Å²) in [6.45, 7) is 0. The maximum absolute atomic E-state index is 13.4. The van der Waals surface area contributed by atoms with Crippen LogP contribution in [0, 0.1) is 5.82 Å². The number of benzene rings is 2. The molecule has 0 unspecified atom stereocenters. The summed E-state index contributed by atoms with van der Waals surface area (Å²) in [4.78, 5) is 23.3. The SMILES string of the molecule is O=C(CCC(=O)Nc1ccccc1F)N/N=C/c1ccccc1O. The Morgan fingerprint density at radius 2 is 1.71 bits per heavy atom. The second-order valence-corrected chi connectivity index (χ2v) is 4.88. The molecule has 0 fully saturated rings. The molecule has 3 N–H and O–H groups in total. The molecule has 124 valence electrons. The number of anilines is 1. The van der Waals surface area contributed by atoms with Gasteiger partial charge in [-0.15, -0.1) is 0 Å². The number of halogens is 1. The van der Waals surface area contributed by atoms with Gasteiger partial charge in [0.05, 0.1) is 11.9 Å². The maximum Gasteiger partial charge on any atom is 0.240 e. The minimum Gasteiger partial charge on any atom is -0.507 e. The van der Waals surface area contributed by atoms with Crippen molar-refractivity contribution in [3.63, 3.8) is 0 Å². The predicted molar refractivity (Wildman–Crippen MR) is 88.1 cm³/mol. The molecule has 6 nitrogen and oxygen atoms in total. The van der Waals surface area contributed by atoms with E-state index in [1.54, 1.807) is 24.3 Å². The lowest BCUT2D eigenvalue weighted by atomic mass is 10.2. The lowest BCUT2D eigenvalue weighted by Crippen LogP contribution is -2.20. The van der Waals surface area contributed by atoms with Crippen LogP contribution in [0.1, 0.15) is 18.4 Å². The quantitative estimate of drug-likeness (QED) is 0.561. The maximum atomic E-state index is 13.4. The van der Waals surface area contributed by atoms with Crippen LogP contribution in [0.25, 0.3) is 0 Å². The summed E-state index contributed by atoms with van der Waals surface area (Å²) in [6.07, 6.45) is 1.09. The molecular formula is C17H16FN3O3. The van der Waals surface area contributed by atoms with E-state index in [1.165, 1.54) is 30.5 Å². The van der Waals surface area contributed by atoms with E-state index in [0.29, 0.717) is 5.56 Å². The molecule has 0 radical (unpaired) electrons. The first kappa shape index (κ1) is 17.1. The molecule has 0 aliphatic heterocycles. The lowest BCUT2D eigenvalue weighted by molar-refractivity contribution is -0.124. The Morgan fingerprint density at radius 3 is 2.46 bits per heavy atom. The van der Waals surface area contributed by atoms with E-state index in [2.05, 4.69) is 15.8 Å². The molecule has 0 aliphatic carbocycles. The molecule has 7 heteroatoms. The molecule has 0 aliphatic rings. The number of phenols is 1. The van der Waals surface area contributed by atoms with E-state index in [9.17, 15) is 19.1 Å². The molecule has 2 amide bonds. The van der Waals surface area contributed by atoms with Crippen molar-refractivity contribution in [2.24, 2.45) is 5.10 Å². The zero-order valence-electron chi connectivity index (χ0n) is 12.7. The van der Waals surface area contributed by atoms with Crippen LogP contribution in [0.2, 0.25) is 0 Å². The minimum atomic E-state index is -0.539. The third-order valence-corrected chi connectivity index (χ3v) is 3.06. The van der Waals surface area contributed by atoms with Gasteiger partial charge in [-0.1, -0.05) is 24.3 Å². The van der Waals surface area contributed by atoms with Crippen molar-refractivity contribution in [2.75, 3.05) is 5.32 Å².